The third-order valence-electron chi connectivity index (χ3n) is 1.47. The molecule has 0 radical (unpaired) electrons. The van der Waals surface area contributed by atoms with E-state index in [2.05, 4.69) is 15.9 Å². The summed E-state index contributed by atoms with van der Waals surface area (Å²) in [6, 6.07) is 4.48. The zero-order chi connectivity index (χ0) is 9.68. The fourth-order valence-electron chi connectivity index (χ4n) is 0.954. The normalized spacial score (nSPS) is 11.0. The maximum atomic E-state index is 12.8. The van der Waals surface area contributed by atoms with Crippen molar-refractivity contribution in [3.05, 3.63) is 40.7 Å². The Labute approximate surface area is 90.5 Å². The highest BCUT2D eigenvalue weighted by molar-refractivity contribution is 9.09. The number of alkyl halides is 1. The Balaban J connectivity index is 2.77. The van der Waals surface area contributed by atoms with Crippen molar-refractivity contribution in [2.45, 2.75) is 6.42 Å². The van der Waals surface area contributed by atoms with Crippen LogP contribution >= 0.6 is 27.5 Å². The van der Waals surface area contributed by atoms with Gasteiger partial charge in [0.15, 0.2) is 0 Å². The van der Waals surface area contributed by atoms with Gasteiger partial charge in [-0.3, -0.25) is 0 Å². The van der Waals surface area contributed by atoms with Gasteiger partial charge in [0.2, 0.25) is 0 Å². The molecule has 0 saturated heterocycles. The van der Waals surface area contributed by atoms with Gasteiger partial charge >= 0.3 is 0 Å². The largest absolute Gasteiger partial charge is 0.207 e. The summed E-state index contributed by atoms with van der Waals surface area (Å²) in [6.45, 7) is 0. The first-order valence-corrected chi connectivity index (χ1v) is 5.41. The lowest BCUT2D eigenvalue weighted by Gasteiger charge is -1.95. The van der Waals surface area contributed by atoms with Crippen molar-refractivity contribution in [3.8, 4) is 0 Å². The SMILES string of the molecule is Fc1cc(Cl)cc(C=CCCBr)c1. The minimum Gasteiger partial charge on any atom is -0.207 e. The fraction of sp³-hybridized carbons (Fsp3) is 0.200. The van der Waals surface area contributed by atoms with Crippen LogP contribution in [-0.2, 0) is 0 Å². The standard InChI is InChI=1S/C10H9BrClF/c11-4-2-1-3-8-5-9(12)7-10(13)6-8/h1,3,5-7H,2,4H2. The molecule has 0 aliphatic rings. The highest BCUT2D eigenvalue weighted by atomic mass is 79.9. The van der Waals surface area contributed by atoms with Crippen LogP contribution in [0.2, 0.25) is 5.02 Å². The molecule has 70 valence electrons. The van der Waals surface area contributed by atoms with Gasteiger partial charge in [0.1, 0.15) is 5.82 Å². The van der Waals surface area contributed by atoms with Crippen molar-refractivity contribution in [3.63, 3.8) is 0 Å². The summed E-state index contributed by atoms with van der Waals surface area (Å²) >= 11 is 8.98. The first-order chi connectivity index (χ1) is 6.22. The van der Waals surface area contributed by atoms with Gasteiger partial charge in [-0.15, -0.1) is 0 Å². The molecule has 0 aromatic heterocycles. The van der Waals surface area contributed by atoms with Crippen LogP contribution in [0, 0.1) is 5.82 Å². The van der Waals surface area contributed by atoms with E-state index in [1.54, 1.807) is 6.07 Å². The Morgan fingerprint density at radius 3 is 2.77 bits per heavy atom. The molecule has 0 saturated carbocycles. The molecular formula is C10H9BrClF. The topological polar surface area (TPSA) is 0 Å². The average molecular weight is 264 g/mol. The molecule has 1 aromatic carbocycles. The van der Waals surface area contributed by atoms with Gasteiger partial charge in [-0.25, -0.2) is 4.39 Å². The van der Waals surface area contributed by atoms with Crippen LogP contribution in [0.3, 0.4) is 0 Å². The molecule has 0 N–H and O–H groups in total. The number of hydrogen-bond acceptors (Lipinski definition) is 0. The van der Waals surface area contributed by atoms with Crippen LogP contribution in [0.4, 0.5) is 4.39 Å². The number of allylic oxidation sites excluding steroid dienone is 1. The second kappa shape index (κ2) is 5.40. The van der Waals surface area contributed by atoms with Gasteiger partial charge in [-0.1, -0.05) is 39.7 Å². The lowest BCUT2D eigenvalue weighted by Crippen LogP contribution is -1.77. The average Bonchev–Trinajstić information content (AvgIpc) is 2.03. The molecule has 3 heteroatoms. The zero-order valence-corrected chi connectivity index (χ0v) is 9.28. The van der Waals surface area contributed by atoms with E-state index in [1.165, 1.54) is 12.1 Å². The second-order valence-corrected chi connectivity index (χ2v) is 3.81. The van der Waals surface area contributed by atoms with E-state index in [0.717, 1.165) is 17.3 Å². The van der Waals surface area contributed by atoms with Crippen LogP contribution in [0.1, 0.15) is 12.0 Å². The fourth-order valence-corrected chi connectivity index (χ4v) is 1.45. The Hall–Kier alpha value is -0.340. The molecule has 0 fully saturated rings. The van der Waals surface area contributed by atoms with Gasteiger partial charge < -0.3 is 0 Å². The quantitative estimate of drug-likeness (QED) is 0.714. The summed E-state index contributed by atoms with van der Waals surface area (Å²) in [5.41, 5.74) is 0.797. The highest BCUT2D eigenvalue weighted by Crippen LogP contribution is 2.15. The van der Waals surface area contributed by atoms with E-state index in [9.17, 15) is 4.39 Å². The molecule has 0 aliphatic carbocycles. The van der Waals surface area contributed by atoms with Crippen LogP contribution in [-0.4, -0.2) is 5.33 Å². The third kappa shape index (κ3) is 3.92. The third-order valence-corrected chi connectivity index (χ3v) is 2.15. The maximum Gasteiger partial charge on any atom is 0.125 e. The molecule has 1 aromatic rings. The lowest BCUT2D eigenvalue weighted by atomic mass is 10.2. The Kier molecular flexibility index (Phi) is 4.46. The minimum atomic E-state index is -0.300. The van der Waals surface area contributed by atoms with Crippen LogP contribution in [0.25, 0.3) is 6.08 Å². The number of rotatable bonds is 3. The second-order valence-electron chi connectivity index (χ2n) is 2.58. The van der Waals surface area contributed by atoms with Crippen molar-refractivity contribution < 1.29 is 4.39 Å². The van der Waals surface area contributed by atoms with Crippen LogP contribution in [0.15, 0.2) is 24.3 Å². The first kappa shape index (κ1) is 10.7. The van der Waals surface area contributed by atoms with E-state index in [-0.39, 0.29) is 5.82 Å². The van der Waals surface area contributed by atoms with Gasteiger partial charge in [0, 0.05) is 10.4 Å². The monoisotopic (exact) mass is 262 g/mol. The van der Waals surface area contributed by atoms with Gasteiger partial charge in [0.25, 0.3) is 0 Å². The van der Waals surface area contributed by atoms with E-state index < -0.39 is 0 Å². The Bertz CT molecular complexity index is 290. The van der Waals surface area contributed by atoms with E-state index >= 15 is 0 Å². The van der Waals surface area contributed by atoms with E-state index in [1.807, 2.05) is 12.2 Å². The minimum absolute atomic E-state index is 0.300. The number of halogens is 3. The van der Waals surface area contributed by atoms with Crippen molar-refractivity contribution >= 4 is 33.6 Å². The van der Waals surface area contributed by atoms with Crippen LogP contribution < -0.4 is 0 Å². The summed E-state index contributed by atoms with van der Waals surface area (Å²) in [7, 11) is 0. The van der Waals surface area contributed by atoms with Crippen molar-refractivity contribution in [1.82, 2.24) is 0 Å². The van der Waals surface area contributed by atoms with Crippen LogP contribution in [0.5, 0.6) is 0 Å². The first-order valence-electron chi connectivity index (χ1n) is 3.91. The molecule has 0 amide bonds. The molecule has 0 nitrogen and oxygen atoms in total. The molecule has 0 bridgehead atoms. The van der Waals surface area contributed by atoms with Gasteiger partial charge in [0.05, 0.1) is 0 Å². The predicted octanol–water partition coefficient (Wildman–Crippen LogP) is 4.28. The summed E-state index contributed by atoms with van der Waals surface area (Å²) in [5.74, 6) is -0.300. The van der Waals surface area contributed by atoms with Gasteiger partial charge in [-0.05, 0) is 30.2 Å². The van der Waals surface area contributed by atoms with Crippen molar-refractivity contribution in [1.29, 1.82) is 0 Å². The molecule has 13 heavy (non-hydrogen) atoms. The Morgan fingerprint density at radius 1 is 1.38 bits per heavy atom. The molecule has 0 spiro atoms. The zero-order valence-electron chi connectivity index (χ0n) is 6.93. The van der Waals surface area contributed by atoms with Gasteiger partial charge in [-0.2, -0.15) is 0 Å². The predicted molar refractivity (Wildman–Crippen MR) is 58.9 cm³/mol. The van der Waals surface area contributed by atoms with E-state index in [4.69, 9.17) is 11.6 Å². The molecule has 0 unspecified atom stereocenters. The number of hydrogen-bond donors (Lipinski definition) is 0. The Morgan fingerprint density at radius 2 is 2.15 bits per heavy atom. The lowest BCUT2D eigenvalue weighted by molar-refractivity contribution is 0.627. The molecule has 0 heterocycles. The molecule has 0 atom stereocenters. The summed E-state index contributed by atoms with van der Waals surface area (Å²) in [5, 5.41) is 1.34. The molecule has 1 rings (SSSR count). The molecule has 0 aliphatic heterocycles. The molecular weight excluding hydrogens is 254 g/mol. The summed E-state index contributed by atoms with van der Waals surface area (Å²) in [4.78, 5) is 0. The van der Waals surface area contributed by atoms with Crippen molar-refractivity contribution in [2.24, 2.45) is 0 Å². The highest BCUT2D eigenvalue weighted by Gasteiger charge is 1.95. The van der Waals surface area contributed by atoms with Crippen molar-refractivity contribution in [2.75, 3.05) is 5.33 Å². The summed E-state index contributed by atoms with van der Waals surface area (Å²) < 4.78 is 12.8. The van der Waals surface area contributed by atoms with E-state index in [0.29, 0.717) is 5.02 Å². The summed E-state index contributed by atoms with van der Waals surface area (Å²) in [6.07, 6.45) is 4.75. The smallest absolute Gasteiger partial charge is 0.125 e. The maximum absolute atomic E-state index is 12.8. The number of benzene rings is 1.